The second kappa shape index (κ2) is 8.45. The Hall–Kier alpha value is -2.18. The summed E-state index contributed by atoms with van der Waals surface area (Å²) in [6.07, 6.45) is 3.35. The van der Waals surface area contributed by atoms with E-state index in [0.717, 1.165) is 51.3 Å². The lowest BCUT2D eigenvalue weighted by Crippen LogP contribution is -2.46. The summed E-state index contributed by atoms with van der Waals surface area (Å²) < 4.78 is 2.10. The van der Waals surface area contributed by atoms with Crippen molar-refractivity contribution >= 4 is 5.91 Å². The highest BCUT2D eigenvalue weighted by Gasteiger charge is 2.25. The van der Waals surface area contributed by atoms with Crippen molar-refractivity contribution in [2.24, 2.45) is 0 Å². The van der Waals surface area contributed by atoms with Crippen molar-refractivity contribution in [3.05, 3.63) is 52.8 Å². The lowest BCUT2D eigenvalue weighted by Gasteiger charge is -2.36. The van der Waals surface area contributed by atoms with Gasteiger partial charge in [0.15, 0.2) is 0 Å². The van der Waals surface area contributed by atoms with Crippen LogP contribution in [0.2, 0.25) is 0 Å². The number of hydrogen-bond acceptors (Lipinski definition) is 4. The third-order valence-corrected chi connectivity index (χ3v) is 6.07. The van der Waals surface area contributed by atoms with Crippen molar-refractivity contribution in [2.45, 2.75) is 51.4 Å². The van der Waals surface area contributed by atoms with Crippen molar-refractivity contribution in [1.29, 1.82) is 0 Å². The maximum atomic E-state index is 12.7. The summed E-state index contributed by atoms with van der Waals surface area (Å²) in [5, 5.41) is 8.11. The highest BCUT2D eigenvalue weighted by Crippen LogP contribution is 2.22. The van der Waals surface area contributed by atoms with Gasteiger partial charge in [0.1, 0.15) is 0 Å². The maximum Gasteiger partial charge on any atom is 0.222 e. The molecule has 1 aromatic heterocycles. The molecule has 0 radical (unpaired) electrons. The Morgan fingerprint density at radius 3 is 3.00 bits per heavy atom. The molecule has 150 valence electrons. The van der Waals surface area contributed by atoms with Crippen LogP contribution in [0.15, 0.2) is 30.3 Å². The summed E-state index contributed by atoms with van der Waals surface area (Å²) in [4.78, 5) is 17.0. The Bertz CT molecular complexity index is 807. The van der Waals surface area contributed by atoms with Crippen LogP contribution in [0.4, 0.5) is 0 Å². The number of aromatic nitrogens is 2. The summed E-state index contributed by atoms with van der Waals surface area (Å²) in [6, 6.07) is 11.2. The number of benzene rings is 1. The third-order valence-electron chi connectivity index (χ3n) is 6.07. The molecule has 2 aromatic rings. The van der Waals surface area contributed by atoms with Crippen molar-refractivity contribution in [1.82, 2.24) is 24.9 Å². The number of likely N-dealkylation sites (N-methyl/N-ethyl adjacent to an activating group) is 2. The predicted octanol–water partition coefficient (Wildman–Crippen LogP) is 1.82. The van der Waals surface area contributed by atoms with Gasteiger partial charge < -0.3 is 10.2 Å². The minimum absolute atomic E-state index is 0.202. The standard InChI is InChI=1S/C22H31N5O/c1-25-15-18-7-4-3-6-17(18)12-21(25)16-26(2)22(28)9-8-19-13-20-14-23-10-5-11-27(20)24-19/h3-4,6-7,13,21,23H,5,8-12,14-16H2,1-2H3/t21-/m0/s1. The first kappa shape index (κ1) is 19.2. The molecule has 0 fully saturated rings. The number of amides is 1. The zero-order chi connectivity index (χ0) is 19.5. The van der Waals surface area contributed by atoms with E-state index in [1.807, 2.05) is 11.9 Å². The number of carbonyl (C=O) groups excluding carboxylic acids is 1. The van der Waals surface area contributed by atoms with E-state index in [1.54, 1.807) is 0 Å². The Balaban J connectivity index is 1.30. The minimum Gasteiger partial charge on any atom is -0.344 e. The van der Waals surface area contributed by atoms with Gasteiger partial charge in [-0.3, -0.25) is 14.4 Å². The SMILES string of the molecule is CN(C[C@@H]1Cc2ccccc2CN1C)C(=O)CCc1cc2n(n1)CCCNC2. The maximum absolute atomic E-state index is 12.7. The number of carbonyl (C=O) groups is 1. The first-order valence-corrected chi connectivity index (χ1v) is 10.4. The average molecular weight is 382 g/mol. The van der Waals surface area contributed by atoms with Gasteiger partial charge in [-0.25, -0.2) is 0 Å². The highest BCUT2D eigenvalue weighted by atomic mass is 16.2. The molecule has 1 aromatic carbocycles. The van der Waals surface area contributed by atoms with Crippen LogP contribution < -0.4 is 5.32 Å². The molecule has 6 heteroatoms. The summed E-state index contributed by atoms with van der Waals surface area (Å²) in [5.74, 6) is 0.202. The van der Waals surface area contributed by atoms with Gasteiger partial charge in [-0.15, -0.1) is 0 Å². The second-order valence-corrected chi connectivity index (χ2v) is 8.20. The first-order valence-electron chi connectivity index (χ1n) is 10.4. The molecule has 1 atom stereocenters. The number of nitrogens with one attached hydrogen (secondary N) is 1. The predicted molar refractivity (Wildman–Crippen MR) is 110 cm³/mol. The molecular formula is C22H31N5O. The molecule has 0 saturated heterocycles. The van der Waals surface area contributed by atoms with E-state index in [9.17, 15) is 4.79 Å². The smallest absolute Gasteiger partial charge is 0.222 e. The first-order chi connectivity index (χ1) is 13.6. The van der Waals surface area contributed by atoms with E-state index in [2.05, 4.69) is 52.3 Å². The van der Waals surface area contributed by atoms with Crippen molar-refractivity contribution < 1.29 is 4.79 Å². The van der Waals surface area contributed by atoms with Crippen LogP contribution in [0, 0.1) is 0 Å². The van der Waals surface area contributed by atoms with Crippen LogP contribution in [-0.4, -0.2) is 58.7 Å². The fourth-order valence-electron chi connectivity index (χ4n) is 4.31. The topological polar surface area (TPSA) is 53.4 Å². The van der Waals surface area contributed by atoms with E-state index in [4.69, 9.17) is 5.10 Å². The molecule has 2 aliphatic heterocycles. The van der Waals surface area contributed by atoms with Gasteiger partial charge in [0.05, 0.1) is 11.4 Å². The normalized spacial score (nSPS) is 19.6. The molecule has 0 bridgehead atoms. The van der Waals surface area contributed by atoms with Gasteiger partial charge in [0, 0.05) is 52.1 Å². The van der Waals surface area contributed by atoms with E-state index >= 15 is 0 Å². The van der Waals surface area contributed by atoms with Crippen LogP contribution >= 0.6 is 0 Å². The summed E-state index contributed by atoms with van der Waals surface area (Å²) in [7, 11) is 4.09. The second-order valence-electron chi connectivity index (χ2n) is 8.20. The Morgan fingerprint density at radius 2 is 2.14 bits per heavy atom. The van der Waals surface area contributed by atoms with E-state index in [1.165, 1.54) is 16.8 Å². The van der Waals surface area contributed by atoms with Crippen LogP contribution in [0.5, 0.6) is 0 Å². The lowest BCUT2D eigenvalue weighted by molar-refractivity contribution is -0.130. The minimum atomic E-state index is 0.202. The van der Waals surface area contributed by atoms with Crippen LogP contribution in [0.1, 0.15) is 35.4 Å². The molecule has 1 amide bonds. The molecular weight excluding hydrogens is 350 g/mol. The zero-order valence-corrected chi connectivity index (χ0v) is 17.0. The molecule has 2 aliphatic rings. The molecule has 28 heavy (non-hydrogen) atoms. The molecule has 0 aliphatic carbocycles. The van der Waals surface area contributed by atoms with Gasteiger partial charge in [-0.05, 0) is 43.6 Å². The van der Waals surface area contributed by atoms with Crippen molar-refractivity contribution in [3.8, 4) is 0 Å². The highest BCUT2D eigenvalue weighted by molar-refractivity contribution is 5.76. The lowest BCUT2D eigenvalue weighted by atomic mass is 9.94. The molecule has 0 saturated carbocycles. The molecule has 1 N–H and O–H groups in total. The Kier molecular flexibility index (Phi) is 5.78. The van der Waals surface area contributed by atoms with Crippen LogP contribution in [0.3, 0.4) is 0 Å². The van der Waals surface area contributed by atoms with Gasteiger partial charge >= 0.3 is 0 Å². The molecule has 3 heterocycles. The van der Waals surface area contributed by atoms with Gasteiger partial charge in [-0.1, -0.05) is 24.3 Å². The molecule has 4 rings (SSSR count). The van der Waals surface area contributed by atoms with Crippen molar-refractivity contribution in [3.63, 3.8) is 0 Å². The number of fused-ring (bicyclic) bond motifs is 2. The Morgan fingerprint density at radius 1 is 1.32 bits per heavy atom. The van der Waals surface area contributed by atoms with E-state index in [-0.39, 0.29) is 5.91 Å². The largest absolute Gasteiger partial charge is 0.344 e. The van der Waals surface area contributed by atoms with Crippen LogP contribution in [-0.2, 0) is 37.3 Å². The molecule has 6 nitrogen and oxygen atoms in total. The summed E-state index contributed by atoms with van der Waals surface area (Å²) >= 11 is 0. The number of nitrogens with zero attached hydrogens (tertiary/aromatic N) is 4. The fraction of sp³-hybridized carbons (Fsp3) is 0.545. The fourth-order valence-corrected chi connectivity index (χ4v) is 4.31. The summed E-state index contributed by atoms with van der Waals surface area (Å²) in [6.45, 7) is 4.61. The average Bonchev–Trinajstić information content (AvgIpc) is 2.95. The Labute approximate surface area is 167 Å². The van der Waals surface area contributed by atoms with Crippen molar-refractivity contribution in [2.75, 3.05) is 27.2 Å². The third kappa shape index (κ3) is 4.28. The quantitative estimate of drug-likeness (QED) is 0.859. The monoisotopic (exact) mass is 381 g/mol. The molecule has 0 spiro atoms. The van der Waals surface area contributed by atoms with Gasteiger partial charge in [-0.2, -0.15) is 5.10 Å². The van der Waals surface area contributed by atoms with Gasteiger partial charge in [0.2, 0.25) is 5.91 Å². The number of rotatable bonds is 5. The van der Waals surface area contributed by atoms with Crippen LogP contribution in [0.25, 0.3) is 0 Å². The summed E-state index contributed by atoms with van der Waals surface area (Å²) in [5.41, 5.74) is 5.09. The molecule has 0 unspecified atom stereocenters. The number of hydrogen-bond donors (Lipinski definition) is 1. The zero-order valence-electron chi connectivity index (χ0n) is 17.0. The van der Waals surface area contributed by atoms with Gasteiger partial charge in [0.25, 0.3) is 0 Å². The van der Waals surface area contributed by atoms with E-state index < -0.39 is 0 Å². The van der Waals surface area contributed by atoms with E-state index in [0.29, 0.717) is 18.9 Å². The number of aryl methyl sites for hydroxylation is 2.